The van der Waals surface area contributed by atoms with Gasteiger partial charge in [0.05, 0.1) is 6.04 Å². The molecule has 0 radical (unpaired) electrons. The van der Waals surface area contributed by atoms with Gasteiger partial charge in [0.1, 0.15) is 0 Å². The molecule has 1 heterocycles. The Morgan fingerprint density at radius 2 is 2.29 bits per heavy atom. The molecule has 0 bridgehead atoms. The van der Waals surface area contributed by atoms with Crippen molar-refractivity contribution in [2.75, 3.05) is 5.75 Å². The maximum absolute atomic E-state index is 11.7. The molecule has 1 fully saturated rings. The van der Waals surface area contributed by atoms with E-state index in [0.29, 0.717) is 0 Å². The second-order valence-electron chi connectivity index (χ2n) is 4.22. The molecule has 80 valence electrons. The third-order valence-electron chi connectivity index (χ3n) is 2.74. The van der Waals surface area contributed by atoms with Crippen LogP contribution in [0.3, 0.4) is 0 Å². The molecule has 4 heteroatoms. The van der Waals surface area contributed by atoms with Crippen LogP contribution in [0.15, 0.2) is 0 Å². The SMILES string of the molecule is CCC(C)(C)C(=O)N[C@H]1CCSC1=O. The summed E-state index contributed by atoms with van der Waals surface area (Å²) in [5.74, 6) is 0.817. The lowest BCUT2D eigenvalue weighted by Gasteiger charge is -2.23. The van der Waals surface area contributed by atoms with Gasteiger partial charge in [-0.25, -0.2) is 0 Å². The summed E-state index contributed by atoms with van der Waals surface area (Å²) in [5, 5.41) is 2.91. The highest BCUT2D eigenvalue weighted by molar-refractivity contribution is 8.14. The molecular formula is C10H17NO2S. The van der Waals surface area contributed by atoms with Crippen molar-refractivity contribution in [3.05, 3.63) is 0 Å². The quantitative estimate of drug-likeness (QED) is 0.777. The second kappa shape index (κ2) is 4.34. The van der Waals surface area contributed by atoms with Crippen LogP contribution in [0.4, 0.5) is 0 Å². The molecule has 1 amide bonds. The highest BCUT2D eigenvalue weighted by Crippen LogP contribution is 2.23. The lowest BCUT2D eigenvalue weighted by Crippen LogP contribution is -2.44. The number of carbonyl (C=O) groups excluding carboxylic acids is 2. The predicted octanol–water partition coefficient (Wildman–Crippen LogP) is 1.57. The minimum atomic E-state index is -0.368. The molecule has 14 heavy (non-hydrogen) atoms. The summed E-state index contributed by atoms with van der Waals surface area (Å²) in [4.78, 5) is 23.0. The van der Waals surface area contributed by atoms with E-state index < -0.39 is 0 Å². The Morgan fingerprint density at radius 3 is 2.71 bits per heavy atom. The maximum atomic E-state index is 11.7. The molecular weight excluding hydrogens is 198 g/mol. The van der Waals surface area contributed by atoms with Crippen LogP contribution in [0, 0.1) is 5.41 Å². The fourth-order valence-corrected chi connectivity index (χ4v) is 2.07. The number of hydrogen-bond donors (Lipinski definition) is 1. The van der Waals surface area contributed by atoms with E-state index in [1.165, 1.54) is 11.8 Å². The molecule has 0 unspecified atom stereocenters. The van der Waals surface area contributed by atoms with Crippen LogP contribution in [-0.4, -0.2) is 22.8 Å². The number of carbonyl (C=O) groups is 2. The Kier molecular flexibility index (Phi) is 3.59. The van der Waals surface area contributed by atoms with Gasteiger partial charge in [-0.2, -0.15) is 0 Å². The molecule has 0 spiro atoms. The van der Waals surface area contributed by atoms with Crippen molar-refractivity contribution in [2.45, 2.75) is 39.7 Å². The summed E-state index contributed by atoms with van der Waals surface area (Å²) in [6, 6.07) is -0.252. The van der Waals surface area contributed by atoms with Gasteiger partial charge in [-0.3, -0.25) is 9.59 Å². The van der Waals surface area contributed by atoms with Gasteiger partial charge < -0.3 is 5.32 Å². The second-order valence-corrected chi connectivity index (χ2v) is 5.32. The van der Waals surface area contributed by atoms with E-state index in [1.54, 1.807) is 0 Å². The minimum absolute atomic E-state index is 0.0131. The van der Waals surface area contributed by atoms with E-state index in [2.05, 4.69) is 5.32 Å². The molecule has 0 aliphatic carbocycles. The molecule has 1 atom stereocenters. The zero-order valence-electron chi connectivity index (χ0n) is 8.92. The summed E-state index contributed by atoms with van der Waals surface area (Å²) < 4.78 is 0. The highest BCUT2D eigenvalue weighted by atomic mass is 32.2. The fraction of sp³-hybridized carbons (Fsp3) is 0.800. The summed E-state index contributed by atoms with van der Waals surface area (Å²) in [6.45, 7) is 5.77. The van der Waals surface area contributed by atoms with Gasteiger partial charge in [-0.1, -0.05) is 32.5 Å². The Labute approximate surface area is 89.0 Å². The van der Waals surface area contributed by atoms with E-state index in [0.717, 1.165) is 18.6 Å². The first-order valence-corrected chi connectivity index (χ1v) is 5.93. The van der Waals surface area contributed by atoms with Crippen molar-refractivity contribution in [3.8, 4) is 0 Å². The third kappa shape index (κ3) is 2.50. The van der Waals surface area contributed by atoms with Crippen molar-refractivity contribution in [3.63, 3.8) is 0 Å². The lowest BCUT2D eigenvalue weighted by atomic mass is 9.89. The van der Waals surface area contributed by atoms with Crippen LogP contribution >= 0.6 is 11.8 Å². The molecule has 1 aliphatic heterocycles. The van der Waals surface area contributed by atoms with Crippen molar-refractivity contribution in [1.82, 2.24) is 5.32 Å². The van der Waals surface area contributed by atoms with E-state index in [-0.39, 0.29) is 22.5 Å². The number of rotatable bonds is 3. The van der Waals surface area contributed by atoms with Gasteiger partial charge in [0, 0.05) is 11.2 Å². The molecule has 0 saturated carbocycles. The Morgan fingerprint density at radius 1 is 1.64 bits per heavy atom. The van der Waals surface area contributed by atoms with Crippen molar-refractivity contribution >= 4 is 22.8 Å². The molecule has 1 N–H and O–H groups in total. The smallest absolute Gasteiger partial charge is 0.226 e. The largest absolute Gasteiger partial charge is 0.345 e. The first kappa shape index (κ1) is 11.6. The van der Waals surface area contributed by atoms with Crippen molar-refractivity contribution in [2.24, 2.45) is 5.41 Å². The number of amides is 1. The van der Waals surface area contributed by atoms with E-state index in [1.807, 2.05) is 20.8 Å². The van der Waals surface area contributed by atoms with Gasteiger partial charge in [0.25, 0.3) is 0 Å². The van der Waals surface area contributed by atoms with Crippen LogP contribution in [0.25, 0.3) is 0 Å². The van der Waals surface area contributed by atoms with Crippen molar-refractivity contribution in [1.29, 1.82) is 0 Å². The van der Waals surface area contributed by atoms with Crippen LogP contribution in [0.2, 0.25) is 0 Å². The van der Waals surface area contributed by atoms with E-state index in [9.17, 15) is 9.59 Å². The van der Waals surface area contributed by atoms with Crippen LogP contribution < -0.4 is 5.32 Å². The van der Waals surface area contributed by atoms with Gasteiger partial charge in [0.2, 0.25) is 11.0 Å². The highest BCUT2D eigenvalue weighted by Gasteiger charge is 2.32. The summed E-state index contributed by atoms with van der Waals surface area (Å²) in [6.07, 6.45) is 1.56. The first-order valence-electron chi connectivity index (χ1n) is 4.95. The van der Waals surface area contributed by atoms with Gasteiger partial charge in [-0.15, -0.1) is 0 Å². The fourth-order valence-electron chi connectivity index (χ4n) is 1.14. The molecule has 0 aromatic heterocycles. The zero-order valence-corrected chi connectivity index (χ0v) is 9.74. The third-order valence-corrected chi connectivity index (χ3v) is 3.75. The summed E-state index contributed by atoms with van der Waals surface area (Å²) >= 11 is 1.31. The Hall–Kier alpha value is -0.510. The number of nitrogens with one attached hydrogen (secondary N) is 1. The van der Waals surface area contributed by atoms with E-state index >= 15 is 0 Å². The minimum Gasteiger partial charge on any atom is -0.345 e. The van der Waals surface area contributed by atoms with Crippen molar-refractivity contribution < 1.29 is 9.59 Å². The number of hydrogen-bond acceptors (Lipinski definition) is 3. The van der Waals surface area contributed by atoms with Crippen LogP contribution in [-0.2, 0) is 9.59 Å². The molecule has 1 rings (SSSR count). The normalized spacial score (nSPS) is 22.5. The van der Waals surface area contributed by atoms with Crippen LogP contribution in [0.5, 0.6) is 0 Å². The topological polar surface area (TPSA) is 46.2 Å². The number of thioether (sulfide) groups is 1. The molecule has 1 saturated heterocycles. The molecule has 0 aromatic carbocycles. The Balaban J connectivity index is 2.52. The van der Waals surface area contributed by atoms with Gasteiger partial charge in [0.15, 0.2) is 0 Å². The summed E-state index contributed by atoms with van der Waals surface area (Å²) in [7, 11) is 0. The summed E-state index contributed by atoms with van der Waals surface area (Å²) in [5.41, 5.74) is -0.368. The molecule has 0 aromatic rings. The molecule has 3 nitrogen and oxygen atoms in total. The molecule has 1 aliphatic rings. The first-order chi connectivity index (χ1) is 6.47. The Bertz CT molecular complexity index is 251. The average Bonchev–Trinajstić information content (AvgIpc) is 2.52. The van der Waals surface area contributed by atoms with Crippen LogP contribution in [0.1, 0.15) is 33.6 Å². The zero-order chi connectivity index (χ0) is 10.8. The average molecular weight is 215 g/mol. The lowest BCUT2D eigenvalue weighted by molar-refractivity contribution is -0.131. The maximum Gasteiger partial charge on any atom is 0.226 e. The van der Waals surface area contributed by atoms with Gasteiger partial charge >= 0.3 is 0 Å². The monoisotopic (exact) mass is 215 g/mol. The van der Waals surface area contributed by atoms with Gasteiger partial charge in [-0.05, 0) is 12.8 Å². The van der Waals surface area contributed by atoms with E-state index in [4.69, 9.17) is 0 Å². The predicted molar refractivity (Wildman–Crippen MR) is 58.1 cm³/mol. The standard InChI is InChI=1S/C10H17NO2S/c1-4-10(2,3)9(13)11-7-5-6-14-8(7)12/h7H,4-6H2,1-3H3,(H,11,13)/t7-/m0/s1.